The first-order valence-corrected chi connectivity index (χ1v) is 6.98. The zero-order chi connectivity index (χ0) is 14.1. The molecule has 0 fully saturated rings. The van der Waals surface area contributed by atoms with E-state index in [1.165, 1.54) is 11.8 Å². The van der Waals surface area contributed by atoms with Gasteiger partial charge in [-0.3, -0.25) is 4.57 Å². The van der Waals surface area contributed by atoms with Gasteiger partial charge in [0.2, 0.25) is 5.16 Å². The molecule has 0 atom stereocenters. The summed E-state index contributed by atoms with van der Waals surface area (Å²) in [4.78, 5) is 15.9. The molecule has 2 heterocycles. The van der Waals surface area contributed by atoms with Gasteiger partial charge < -0.3 is 10.2 Å². The van der Waals surface area contributed by atoms with E-state index in [0.29, 0.717) is 33.7 Å². The van der Waals surface area contributed by atoms with Gasteiger partial charge in [-0.15, -0.1) is 5.10 Å². The molecule has 0 saturated carbocycles. The van der Waals surface area contributed by atoms with E-state index >= 15 is 0 Å². The van der Waals surface area contributed by atoms with E-state index in [-0.39, 0.29) is 5.69 Å². The maximum atomic E-state index is 11.6. The van der Waals surface area contributed by atoms with Gasteiger partial charge in [0.25, 0.3) is 5.22 Å². The van der Waals surface area contributed by atoms with Gasteiger partial charge in [0, 0.05) is 18.3 Å². The van der Waals surface area contributed by atoms with Crippen LogP contribution in [0, 0.1) is 0 Å². The van der Waals surface area contributed by atoms with Crippen LogP contribution in [-0.4, -0.2) is 19.7 Å². The Balaban J connectivity index is 1.97. The molecule has 0 aliphatic rings. The third-order valence-corrected chi connectivity index (χ3v) is 3.62. The molecule has 20 heavy (non-hydrogen) atoms. The third kappa shape index (κ3) is 2.18. The Morgan fingerprint density at radius 1 is 1.50 bits per heavy atom. The lowest BCUT2D eigenvalue weighted by Crippen LogP contribution is -2.17. The van der Waals surface area contributed by atoms with Gasteiger partial charge in [0.05, 0.1) is 5.69 Å². The van der Waals surface area contributed by atoms with Crippen molar-refractivity contribution >= 4 is 28.5 Å². The van der Waals surface area contributed by atoms with E-state index in [1.807, 2.05) is 6.92 Å². The van der Waals surface area contributed by atoms with Crippen LogP contribution >= 0.6 is 11.8 Å². The van der Waals surface area contributed by atoms with Crippen molar-refractivity contribution in [3.63, 3.8) is 0 Å². The van der Waals surface area contributed by atoms with Crippen LogP contribution < -0.4 is 11.4 Å². The van der Waals surface area contributed by atoms with Crippen molar-refractivity contribution in [1.29, 1.82) is 0 Å². The van der Waals surface area contributed by atoms with Crippen molar-refractivity contribution in [3.05, 3.63) is 28.7 Å². The van der Waals surface area contributed by atoms with Crippen LogP contribution in [0.25, 0.3) is 11.1 Å². The minimum Gasteiger partial charge on any atom is -0.431 e. The van der Waals surface area contributed by atoms with Gasteiger partial charge >= 0.3 is 5.69 Å². The Morgan fingerprint density at radius 3 is 3.10 bits per heavy atom. The summed E-state index contributed by atoms with van der Waals surface area (Å²) in [6, 6.07) is 5.37. The van der Waals surface area contributed by atoms with Crippen molar-refractivity contribution in [2.75, 3.05) is 5.73 Å². The standard InChI is InChI=1S/C12H13N5O2S/c1-2-6-17-10(18)15-16-11(17)20-12-14-9-7(13)4-3-5-8(9)19-12/h3-5H,2,6,13H2,1H3,(H,15,18). The number of para-hydroxylation sites is 1. The van der Waals surface area contributed by atoms with E-state index in [4.69, 9.17) is 10.2 Å². The molecule has 3 N–H and O–H groups in total. The number of H-pyrrole nitrogens is 1. The van der Waals surface area contributed by atoms with Gasteiger partial charge in [0.15, 0.2) is 5.58 Å². The molecule has 0 unspecified atom stereocenters. The highest BCUT2D eigenvalue weighted by Crippen LogP contribution is 2.30. The smallest absolute Gasteiger partial charge is 0.343 e. The van der Waals surface area contributed by atoms with Crippen LogP contribution in [0.2, 0.25) is 0 Å². The summed E-state index contributed by atoms with van der Waals surface area (Å²) in [6.07, 6.45) is 0.841. The normalized spacial score (nSPS) is 11.2. The molecule has 0 amide bonds. The highest BCUT2D eigenvalue weighted by atomic mass is 32.2. The van der Waals surface area contributed by atoms with Crippen LogP contribution in [0.5, 0.6) is 0 Å². The zero-order valence-corrected chi connectivity index (χ0v) is 11.6. The fourth-order valence-corrected chi connectivity index (χ4v) is 2.67. The Bertz CT molecular complexity index is 804. The van der Waals surface area contributed by atoms with Crippen LogP contribution in [0.3, 0.4) is 0 Å². The average Bonchev–Trinajstić information content (AvgIpc) is 2.98. The number of nitrogens with zero attached hydrogens (tertiary/aromatic N) is 3. The summed E-state index contributed by atoms with van der Waals surface area (Å²) < 4.78 is 7.16. The molecule has 1 aromatic carbocycles. The number of aromatic nitrogens is 4. The highest BCUT2D eigenvalue weighted by molar-refractivity contribution is 7.99. The largest absolute Gasteiger partial charge is 0.431 e. The van der Waals surface area contributed by atoms with Crippen LogP contribution in [0.15, 0.2) is 37.8 Å². The summed E-state index contributed by atoms with van der Waals surface area (Å²) >= 11 is 1.20. The van der Waals surface area contributed by atoms with Crippen molar-refractivity contribution in [1.82, 2.24) is 19.7 Å². The van der Waals surface area contributed by atoms with Crippen LogP contribution in [0.4, 0.5) is 5.69 Å². The minimum absolute atomic E-state index is 0.232. The molecule has 0 aliphatic heterocycles. The maximum Gasteiger partial charge on any atom is 0.343 e. The fraction of sp³-hybridized carbons (Fsp3) is 0.250. The summed E-state index contributed by atoms with van der Waals surface area (Å²) in [5, 5.41) is 7.35. The first-order valence-electron chi connectivity index (χ1n) is 6.17. The van der Waals surface area contributed by atoms with E-state index in [0.717, 1.165) is 6.42 Å². The number of rotatable bonds is 4. The molecular weight excluding hydrogens is 278 g/mol. The summed E-state index contributed by atoms with van der Waals surface area (Å²) in [5.74, 6) is 0. The SMILES string of the molecule is CCCn1c(Sc2nc3c(N)cccc3o2)n[nH]c1=O. The van der Waals surface area contributed by atoms with Gasteiger partial charge in [0.1, 0.15) is 5.52 Å². The molecule has 7 nitrogen and oxygen atoms in total. The lowest BCUT2D eigenvalue weighted by Gasteiger charge is -1.99. The number of hydrogen-bond acceptors (Lipinski definition) is 6. The molecule has 0 bridgehead atoms. The Hall–Kier alpha value is -2.22. The van der Waals surface area contributed by atoms with E-state index in [9.17, 15) is 4.79 Å². The van der Waals surface area contributed by atoms with Crippen molar-refractivity contribution in [3.8, 4) is 0 Å². The molecular formula is C12H13N5O2S. The third-order valence-electron chi connectivity index (χ3n) is 2.78. The number of nitrogens with one attached hydrogen (secondary N) is 1. The van der Waals surface area contributed by atoms with Gasteiger partial charge in [-0.1, -0.05) is 13.0 Å². The lowest BCUT2D eigenvalue weighted by molar-refractivity contribution is 0.487. The molecule has 0 radical (unpaired) electrons. The number of oxazole rings is 1. The summed E-state index contributed by atoms with van der Waals surface area (Å²) in [7, 11) is 0. The van der Waals surface area contributed by atoms with Crippen molar-refractivity contribution in [2.24, 2.45) is 0 Å². The summed E-state index contributed by atoms with van der Waals surface area (Å²) in [5.41, 5.74) is 7.40. The Kier molecular flexibility index (Phi) is 3.23. The molecule has 104 valence electrons. The van der Waals surface area contributed by atoms with Gasteiger partial charge in [-0.05, 0) is 18.6 Å². The first-order chi connectivity index (χ1) is 9.69. The molecule has 3 aromatic rings. The highest BCUT2D eigenvalue weighted by Gasteiger charge is 2.14. The van der Waals surface area contributed by atoms with Crippen LogP contribution in [0.1, 0.15) is 13.3 Å². The summed E-state index contributed by atoms with van der Waals surface area (Å²) in [6.45, 7) is 2.59. The van der Waals surface area contributed by atoms with E-state index < -0.39 is 0 Å². The van der Waals surface area contributed by atoms with E-state index in [2.05, 4.69) is 15.2 Å². The average molecular weight is 291 g/mol. The second-order valence-corrected chi connectivity index (χ2v) is 5.16. The molecule has 0 aliphatic carbocycles. The number of aromatic amines is 1. The number of nitrogen functional groups attached to an aromatic ring is 1. The van der Waals surface area contributed by atoms with E-state index in [1.54, 1.807) is 22.8 Å². The first kappa shape index (κ1) is 12.8. The fourth-order valence-electron chi connectivity index (χ4n) is 1.87. The number of benzene rings is 1. The van der Waals surface area contributed by atoms with Crippen molar-refractivity contribution < 1.29 is 4.42 Å². The maximum absolute atomic E-state index is 11.6. The number of fused-ring (bicyclic) bond motifs is 1. The predicted molar refractivity (Wildman–Crippen MR) is 75.7 cm³/mol. The monoisotopic (exact) mass is 291 g/mol. The van der Waals surface area contributed by atoms with Crippen molar-refractivity contribution in [2.45, 2.75) is 30.3 Å². The minimum atomic E-state index is -0.232. The zero-order valence-electron chi connectivity index (χ0n) is 10.8. The number of nitrogens with two attached hydrogens (primary N) is 1. The molecule has 8 heteroatoms. The topological polar surface area (TPSA) is 103 Å². The molecule has 0 saturated heterocycles. The predicted octanol–water partition coefficient (Wildman–Crippen LogP) is 1.86. The number of anilines is 1. The molecule has 3 rings (SSSR count). The van der Waals surface area contributed by atoms with Gasteiger partial charge in [-0.2, -0.15) is 0 Å². The Morgan fingerprint density at radius 2 is 2.35 bits per heavy atom. The second-order valence-electron chi connectivity index (χ2n) is 4.24. The van der Waals surface area contributed by atoms with Crippen LogP contribution in [-0.2, 0) is 6.54 Å². The Labute approximate surface area is 118 Å². The second kappa shape index (κ2) is 5.04. The van der Waals surface area contributed by atoms with Gasteiger partial charge in [-0.25, -0.2) is 14.9 Å². The number of hydrogen-bond donors (Lipinski definition) is 2. The quantitative estimate of drug-likeness (QED) is 0.711. The lowest BCUT2D eigenvalue weighted by atomic mass is 10.3. The molecule has 2 aromatic heterocycles. The molecule has 0 spiro atoms.